The fourth-order valence-electron chi connectivity index (χ4n) is 1.67. The number of hydrogen-bond donors (Lipinski definition) is 1. The lowest BCUT2D eigenvalue weighted by molar-refractivity contribution is 0.103. The molecule has 0 fully saturated rings. The topological polar surface area (TPSA) is 42.0 Å². The van der Waals surface area contributed by atoms with Crippen LogP contribution in [0, 0.1) is 0 Å². The summed E-state index contributed by atoms with van der Waals surface area (Å²) in [5, 5.41) is 5.29. The van der Waals surface area contributed by atoms with Crippen LogP contribution in [0.4, 0.5) is 5.13 Å². The van der Waals surface area contributed by atoms with Crippen LogP contribution in [0.15, 0.2) is 47.8 Å². The van der Waals surface area contributed by atoms with Crippen LogP contribution >= 0.6 is 34.3 Å². The molecule has 1 aromatic carbocycles. The number of halogens is 1. The van der Waals surface area contributed by atoms with Crippen molar-refractivity contribution in [1.29, 1.82) is 0 Å². The molecule has 3 rings (SSSR count). The summed E-state index contributed by atoms with van der Waals surface area (Å²) in [6.45, 7) is 0. The van der Waals surface area contributed by atoms with E-state index in [4.69, 9.17) is 11.6 Å². The maximum absolute atomic E-state index is 12.0. The second kappa shape index (κ2) is 5.75. The van der Waals surface area contributed by atoms with Crippen LogP contribution in [0.2, 0.25) is 4.34 Å². The van der Waals surface area contributed by atoms with Gasteiger partial charge in [0.25, 0.3) is 5.91 Å². The van der Waals surface area contributed by atoms with E-state index in [1.807, 2.05) is 35.7 Å². The normalized spacial score (nSPS) is 10.4. The van der Waals surface area contributed by atoms with Crippen molar-refractivity contribution in [3.05, 3.63) is 57.1 Å². The lowest BCUT2D eigenvalue weighted by atomic mass is 10.2. The lowest BCUT2D eigenvalue weighted by Gasteiger charge is -1.98. The SMILES string of the molecule is O=C(Nc1nc(-c2ccccc2)cs1)c1ccc(Cl)s1. The van der Waals surface area contributed by atoms with Gasteiger partial charge in [-0.1, -0.05) is 41.9 Å². The van der Waals surface area contributed by atoms with Crippen molar-refractivity contribution in [2.75, 3.05) is 5.32 Å². The standard InChI is InChI=1S/C14H9ClN2OS2/c15-12-7-6-11(20-12)13(18)17-14-16-10(8-19-14)9-4-2-1-3-5-9/h1-8H,(H,16,17,18). The first kappa shape index (κ1) is 13.3. The zero-order chi connectivity index (χ0) is 13.9. The number of carbonyl (C=O) groups is 1. The van der Waals surface area contributed by atoms with Crippen LogP contribution < -0.4 is 5.32 Å². The molecule has 0 unspecified atom stereocenters. The predicted octanol–water partition coefficient (Wildman–Crippen LogP) is 4.78. The zero-order valence-electron chi connectivity index (χ0n) is 10.2. The number of anilines is 1. The van der Waals surface area contributed by atoms with Gasteiger partial charge in [0.1, 0.15) is 0 Å². The fourth-order valence-corrected chi connectivity index (χ4v) is 3.32. The molecule has 0 bridgehead atoms. The average molecular weight is 321 g/mol. The van der Waals surface area contributed by atoms with Gasteiger partial charge in [-0.05, 0) is 12.1 Å². The Balaban J connectivity index is 1.76. The minimum atomic E-state index is -0.184. The Bertz CT molecular complexity index is 736. The number of thiazole rings is 1. The number of benzene rings is 1. The highest BCUT2D eigenvalue weighted by Crippen LogP contribution is 2.26. The van der Waals surface area contributed by atoms with Crippen LogP contribution in [0.25, 0.3) is 11.3 Å². The molecule has 20 heavy (non-hydrogen) atoms. The molecule has 0 saturated heterocycles. The van der Waals surface area contributed by atoms with Gasteiger partial charge in [-0.25, -0.2) is 4.98 Å². The molecule has 2 aromatic heterocycles. The van der Waals surface area contributed by atoms with Gasteiger partial charge in [0.15, 0.2) is 5.13 Å². The monoisotopic (exact) mass is 320 g/mol. The summed E-state index contributed by atoms with van der Waals surface area (Å²) < 4.78 is 0.597. The van der Waals surface area contributed by atoms with Crippen molar-refractivity contribution < 1.29 is 4.79 Å². The largest absolute Gasteiger partial charge is 0.297 e. The molecule has 3 nitrogen and oxygen atoms in total. The van der Waals surface area contributed by atoms with Crippen LogP contribution in [0.3, 0.4) is 0 Å². The minimum Gasteiger partial charge on any atom is -0.297 e. The van der Waals surface area contributed by atoms with Crippen LogP contribution in [-0.4, -0.2) is 10.9 Å². The summed E-state index contributed by atoms with van der Waals surface area (Å²) >= 11 is 8.47. The quantitative estimate of drug-likeness (QED) is 0.754. The number of hydrogen-bond acceptors (Lipinski definition) is 4. The van der Waals surface area contributed by atoms with E-state index in [0.717, 1.165) is 11.3 Å². The first-order chi connectivity index (χ1) is 9.72. The van der Waals surface area contributed by atoms with E-state index >= 15 is 0 Å². The second-order valence-electron chi connectivity index (χ2n) is 3.96. The van der Waals surface area contributed by atoms with Crippen LogP contribution in [0.5, 0.6) is 0 Å². The molecule has 0 aliphatic rings. The number of amides is 1. The van der Waals surface area contributed by atoms with E-state index in [0.29, 0.717) is 14.3 Å². The van der Waals surface area contributed by atoms with E-state index in [9.17, 15) is 4.79 Å². The molecule has 0 radical (unpaired) electrons. The molecule has 6 heteroatoms. The third-order valence-corrected chi connectivity index (χ3v) is 4.58. The van der Waals surface area contributed by atoms with Crippen molar-refractivity contribution in [3.63, 3.8) is 0 Å². The Morgan fingerprint density at radius 1 is 1.15 bits per heavy atom. The molecular weight excluding hydrogens is 312 g/mol. The molecule has 0 spiro atoms. The maximum Gasteiger partial charge on any atom is 0.267 e. The first-order valence-electron chi connectivity index (χ1n) is 5.80. The van der Waals surface area contributed by atoms with Crippen molar-refractivity contribution in [1.82, 2.24) is 4.98 Å². The minimum absolute atomic E-state index is 0.184. The fraction of sp³-hybridized carbons (Fsp3) is 0. The van der Waals surface area contributed by atoms with Gasteiger partial charge in [0, 0.05) is 10.9 Å². The van der Waals surface area contributed by atoms with E-state index in [1.165, 1.54) is 22.7 Å². The molecular formula is C14H9ClN2OS2. The van der Waals surface area contributed by atoms with E-state index in [1.54, 1.807) is 12.1 Å². The highest BCUT2D eigenvalue weighted by atomic mass is 35.5. The summed E-state index contributed by atoms with van der Waals surface area (Å²) in [5.41, 5.74) is 1.89. The van der Waals surface area contributed by atoms with Crippen molar-refractivity contribution in [2.24, 2.45) is 0 Å². The molecule has 1 amide bonds. The Morgan fingerprint density at radius 3 is 2.65 bits per heavy atom. The summed E-state index contributed by atoms with van der Waals surface area (Å²) in [5.74, 6) is -0.184. The second-order valence-corrected chi connectivity index (χ2v) is 6.53. The van der Waals surface area contributed by atoms with Crippen molar-refractivity contribution in [3.8, 4) is 11.3 Å². The molecule has 2 heterocycles. The Hall–Kier alpha value is -1.69. The van der Waals surface area contributed by atoms with Gasteiger partial charge in [-0.15, -0.1) is 22.7 Å². The maximum atomic E-state index is 12.0. The summed E-state index contributed by atoms with van der Waals surface area (Å²) in [6, 6.07) is 13.3. The number of nitrogens with zero attached hydrogens (tertiary/aromatic N) is 1. The van der Waals surface area contributed by atoms with Crippen molar-refractivity contribution in [2.45, 2.75) is 0 Å². The van der Waals surface area contributed by atoms with Crippen molar-refractivity contribution >= 4 is 45.3 Å². The molecule has 0 atom stereocenters. The van der Waals surface area contributed by atoms with Crippen LogP contribution in [-0.2, 0) is 0 Å². The van der Waals surface area contributed by atoms with Gasteiger partial charge >= 0.3 is 0 Å². The smallest absolute Gasteiger partial charge is 0.267 e. The molecule has 100 valence electrons. The highest BCUT2D eigenvalue weighted by Gasteiger charge is 2.11. The number of nitrogens with one attached hydrogen (secondary N) is 1. The molecule has 0 aliphatic heterocycles. The number of rotatable bonds is 3. The number of aromatic nitrogens is 1. The lowest BCUT2D eigenvalue weighted by Crippen LogP contribution is -2.09. The van der Waals surface area contributed by atoms with E-state index in [2.05, 4.69) is 10.3 Å². The third-order valence-electron chi connectivity index (χ3n) is 2.59. The summed E-state index contributed by atoms with van der Waals surface area (Å²) in [6.07, 6.45) is 0. The van der Waals surface area contributed by atoms with Gasteiger partial charge in [-0.2, -0.15) is 0 Å². The average Bonchev–Trinajstić information content (AvgIpc) is 3.09. The predicted molar refractivity (Wildman–Crippen MR) is 84.8 cm³/mol. The number of carbonyl (C=O) groups excluding carboxylic acids is 1. The van der Waals surface area contributed by atoms with Crippen LogP contribution in [0.1, 0.15) is 9.67 Å². The summed E-state index contributed by atoms with van der Waals surface area (Å²) in [4.78, 5) is 17.0. The van der Waals surface area contributed by atoms with Gasteiger partial charge in [-0.3, -0.25) is 10.1 Å². The molecule has 0 aliphatic carbocycles. The first-order valence-corrected chi connectivity index (χ1v) is 7.87. The van der Waals surface area contributed by atoms with Gasteiger partial charge in [0.05, 0.1) is 14.9 Å². The number of thiophene rings is 1. The van der Waals surface area contributed by atoms with E-state index < -0.39 is 0 Å². The molecule has 1 N–H and O–H groups in total. The Labute approximate surface area is 128 Å². The third kappa shape index (κ3) is 2.90. The zero-order valence-corrected chi connectivity index (χ0v) is 12.6. The van der Waals surface area contributed by atoms with E-state index in [-0.39, 0.29) is 5.91 Å². The van der Waals surface area contributed by atoms with Gasteiger partial charge < -0.3 is 0 Å². The molecule has 0 saturated carbocycles. The van der Waals surface area contributed by atoms with Gasteiger partial charge in [0.2, 0.25) is 0 Å². The Kier molecular flexibility index (Phi) is 3.82. The highest BCUT2D eigenvalue weighted by molar-refractivity contribution is 7.18. The Morgan fingerprint density at radius 2 is 1.95 bits per heavy atom. The summed E-state index contributed by atoms with van der Waals surface area (Å²) in [7, 11) is 0. The molecule has 3 aromatic rings.